The Hall–Kier alpha value is -3.99. The van der Waals surface area contributed by atoms with Crippen LogP contribution in [0.3, 0.4) is 0 Å². The second kappa shape index (κ2) is 6.63. The molecule has 0 unspecified atom stereocenters. The molecule has 0 spiro atoms. The largest absolute Gasteiger partial charge is 0.382 e. The first-order valence-corrected chi connectivity index (χ1v) is 8.64. The van der Waals surface area contributed by atoms with Gasteiger partial charge in [-0.05, 0) is 42.8 Å². The lowest BCUT2D eigenvalue weighted by molar-refractivity contribution is 0.102. The highest BCUT2D eigenvalue weighted by Crippen LogP contribution is 2.32. The summed E-state index contributed by atoms with van der Waals surface area (Å²) in [6.45, 7) is 2.53. The van der Waals surface area contributed by atoms with E-state index in [4.69, 9.17) is 11.0 Å². The molecule has 1 aromatic carbocycles. The molecule has 0 saturated carbocycles. The van der Waals surface area contributed by atoms with Crippen molar-refractivity contribution >= 4 is 17.4 Å². The van der Waals surface area contributed by atoms with Crippen LogP contribution in [0.1, 0.15) is 34.2 Å². The molecule has 0 saturated heterocycles. The molecular formula is C20H17N7O. The molecule has 1 aliphatic heterocycles. The summed E-state index contributed by atoms with van der Waals surface area (Å²) in [7, 11) is 0. The summed E-state index contributed by atoms with van der Waals surface area (Å²) in [5.41, 5.74) is 8.47. The van der Waals surface area contributed by atoms with Crippen molar-refractivity contribution in [1.29, 1.82) is 5.26 Å². The molecule has 0 bridgehead atoms. The van der Waals surface area contributed by atoms with Crippen LogP contribution in [-0.2, 0) is 12.1 Å². The molecule has 138 valence electrons. The van der Waals surface area contributed by atoms with Gasteiger partial charge in [-0.15, -0.1) is 0 Å². The van der Waals surface area contributed by atoms with E-state index in [0.717, 1.165) is 11.3 Å². The summed E-state index contributed by atoms with van der Waals surface area (Å²) in [6.07, 6.45) is 3.07. The van der Waals surface area contributed by atoms with Crippen molar-refractivity contribution in [2.24, 2.45) is 10.7 Å². The monoisotopic (exact) mass is 371 g/mol. The van der Waals surface area contributed by atoms with E-state index in [0.29, 0.717) is 23.6 Å². The number of pyridine rings is 1. The molecule has 8 heteroatoms. The van der Waals surface area contributed by atoms with Crippen LogP contribution in [0.2, 0.25) is 0 Å². The molecule has 0 fully saturated rings. The maximum absolute atomic E-state index is 12.4. The summed E-state index contributed by atoms with van der Waals surface area (Å²) in [4.78, 5) is 21.1. The highest BCUT2D eigenvalue weighted by molar-refractivity contribution is 6.03. The second-order valence-corrected chi connectivity index (χ2v) is 6.72. The maximum atomic E-state index is 12.4. The lowest BCUT2D eigenvalue weighted by Gasteiger charge is -2.31. The van der Waals surface area contributed by atoms with Gasteiger partial charge in [0.25, 0.3) is 5.91 Å². The van der Waals surface area contributed by atoms with Gasteiger partial charge in [0.15, 0.2) is 0 Å². The second-order valence-electron chi connectivity index (χ2n) is 6.72. The smallest absolute Gasteiger partial charge is 0.274 e. The third kappa shape index (κ3) is 3.10. The van der Waals surface area contributed by atoms with Gasteiger partial charge >= 0.3 is 0 Å². The normalized spacial score (nSPS) is 17.9. The average Bonchev–Trinajstić information content (AvgIpc) is 3.17. The molecule has 1 atom stereocenters. The topological polar surface area (TPSA) is 122 Å². The van der Waals surface area contributed by atoms with Crippen LogP contribution in [0.5, 0.6) is 0 Å². The Kier molecular flexibility index (Phi) is 4.12. The summed E-state index contributed by atoms with van der Waals surface area (Å²) in [5, 5.41) is 16.0. The molecule has 0 radical (unpaired) electrons. The third-order valence-corrected chi connectivity index (χ3v) is 4.67. The predicted molar refractivity (Wildman–Crippen MR) is 104 cm³/mol. The van der Waals surface area contributed by atoms with E-state index in [9.17, 15) is 4.79 Å². The van der Waals surface area contributed by atoms with Crippen LogP contribution in [0.15, 0.2) is 59.9 Å². The molecule has 1 aliphatic rings. The maximum Gasteiger partial charge on any atom is 0.274 e. The van der Waals surface area contributed by atoms with E-state index in [-0.39, 0.29) is 11.6 Å². The van der Waals surface area contributed by atoms with E-state index in [1.165, 1.54) is 12.3 Å². The SMILES string of the molecule is C[C@]1(c2cccc(NC(=O)c3ccc(C#N)cn3)c2)Cn2nccc2C(N)=N1. The molecule has 8 nitrogen and oxygen atoms in total. The van der Waals surface area contributed by atoms with Crippen molar-refractivity contribution in [1.82, 2.24) is 14.8 Å². The molecule has 28 heavy (non-hydrogen) atoms. The van der Waals surface area contributed by atoms with E-state index in [1.54, 1.807) is 18.3 Å². The quantitative estimate of drug-likeness (QED) is 0.729. The number of anilines is 1. The zero-order valence-electron chi connectivity index (χ0n) is 15.1. The zero-order valence-corrected chi connectivity index (χ0v) is 15.1. The Morgan fingerprint density at radius 3 is 2.93 bits per heavy atom. The number of aliphatic imine (C=N–C) groups is 1. The molecular weight excluding hydrogens is 354 g/mol. The Bertz CT molecular complexity index is 1120. The number of benzene rings is 1. The van der Waals surface area contributed by atoms with Crippen LogP contribution < -0.4 is 11.1 Å². The van der Waals surface area contributed by atoms with Crippen molar-refractivity contribution in [3.63, 3.8) is 0 Å². The van der Waals surface area contributed by atoms with Gasteiger partial charge in [-0.1, -0.05) is 12.1 Å². The van der Waals surface area contributed by atoms with Crippen molar-refractivity contribution in [2.45, 2.75) is 19.0 Å². The van der Waals surface area contributed by atoms with Gasteiger partial charge in [-0.2, -0.15) is 10.4 Å². The van der Waals surface area contributed by atoms with Gasteiger partial charge in [-0.25, -0.2) is 4.98 Å². The number of nitriles is 1. The highest BCUT2D eigenvalue weighted by Gasteiger charge is 2.32. The van der Waals surface area contributed by atoms with Gasteiger partial charge in [0.1, 0.15) is 28.8 Å². The molecule has 3 aromatic rings. The third-order valence-electron chi connectivity index (χ3n) is 4.67. The first-order chi connectivity index (χ1) is 13.5. The van der Waals surface area contributed by atoms with Crippen molar-refractivity contribution in [3.8, 4) is 6.07 Å². The van der Waals surface area contributed by atoms with Crippen LogP contribution in [0, 0.1) is 11.3 Å². The molecule has 3 heterocycles. The van der Waals surface area contributed by atoms with E-state index < -0.39 is 5.54 Å². The number of fused-ring (bicyclic) bond motifs is 1. The fourth-order valence-corrected chi connectivity index (χ4v) is 3.20. The molecule has 1 amide bonds. The van der Waals surface area contributed by atoms with Crippen LogP contribution >= 0.6 is 0 Å². The Balaban J connectivity index is 1.59. The lowest BCUT2D eigenvalue weighted by Crippen LogP contribution is -2.37. The molecule has 0 aliphatic carbocycles. The van der Waals surface area contributed by atoms with Gasteiger partial charge in [0.2, 0.25) is 0 Å². The predicted octanol–water partition coefficient (Wildman–Crippen LogP) is 2.04. The Labute approximate surface area is 161 Å². The number of nitrogens with one attached hydrogen (secondary N) is 1. The average molecular weight is 371 g/mol. The fraction of sp³-hybridized carbons (Fsp3) is 0.150. The van der Waals surface area contributed by atoms with Gasteiger partial charge in [-0.3, -0.25) is 14.5 Å². The van der Waals surface area contributed by atoms with E-state index in [2.05, 4.69) is 20.4 Å². The molecule has 4 rings (SSSR count). The van der Waals surface area contributed by atoms with Gasteiger partial charge < -0.3 is 11.1 Å². The number of carbonyl (C=O) groups excluding carboxylic acids is 1. The zero-order chi connectivity index (χ0) is 19.7. The van der Waals surface area contributed by atoms with Gasteiger partial charge in [0, 0.05) is 18.1 Å². The van der Waals surface area contributed by atoms with E-state index in [1.807, 2.05) is 41.9 Å². The van der Waals surface area contributed by atoms with Crippen molar-refractivity contribution in [3.05, 3.63) is 77.4 Å². The van der Waals surface area contributed by atoms with Crippen LogP contribution in [0.25, 0.3) is 0 Å². The Morgan fingerprint density at radius 2 is 2.18 bits per heavy atom. The van der Waals surface area contributed by atoms with Crippen LogP contribution in [0.4, 0.5) is 5.69 Å². The lowest BCUT2D eigenvalue weighted by atomic mass is 9.91. The minimum atomic E-state index is -0.601. The highest BCUT2D eigenvalue weighted by atomic mass is 16.1. The number of hydrogen-bond acceptors (Lipinski definition) is 6. The summed E-state index contributed by atoms with van der Waals surface area (Å²) >= 11 is 0. The number of nitrogens with zero attached hydrogens (tertiary/aromatic N) is 5. The minimum Gasteiger partial charge on any atom is -0.382 e. The summed E-state index contributed by atoms with van der Waals surface area (Å²) in [5.74, 6) is 0.0790. The number of carbonyl (C=O) groups is 1. The summed E-state index contributed by atoms with van der Waals surface area (Å²) in [6, 6.07) is 14.3. The number of rotatable bonds is 3. The number of amides is 1. The molecule has 3 N–H and O–H groups in total. The Morgan fingerprint density at radius 1 is 1.32 bits per heavy atom. The number of nitrogens with two attached hydrogens (primary N) is 1. The molecule has 2 aromatic heterocycles. The number of amidine groups is 1. The fourth-order valence-electron chi connectivity index (χ4n) is 3.20. The van der Waals surface area contributed by atoms with Crippen molar-refractivity contribution in [2.75, 3.05) is 5.32 Å². The summed E-state index contributed by atoms with van der Waals surface area (Å²) < 4.78 is 1.83. The van der Waals surface area contributed by atoms with E-state index >= 15 is 0 Å². The number of aromatic nitrogens is 3. The minimum absolute atomic E-state index is 0.233. The van der Waals surface area contributed by atoms with Crippen LogP contribution in [-0.4, -0.2) is 26.5 Å². The van der Waals surface area contributed by atoms with Gasteiger partial charge in [0.05, 0.1) is 12.1 Å². The standard InChI is InChI=1S/C20H17N7O/c1-20(12-27-17(7-8-24-27)18(22)26-20)14-3-2-4-15(9-14)25-19(28)16-6-5-13(10-21)11-23-16/h2-9,11H,12H2,1H3,(H2,22,26)(H,25,28)/t20-/m1/s1. The first-order valence-electron chi connectivity index (χ1n) is 8.64. The first kappa shape index (κ1) is 17.4. The number of hydrogen-bond donors (Lipinski definition) is 2. The van der Waals surface area contributed by atoms with Crippen molar-refractivity contribution < 1.29 is 4.79 Å².